The van der Waals surface area contributed by atoms with E-state index in [0.29, 0.717) is 0 Å². The number of aryl methyl sites for hydroxylation is 3. The van der Waals surface area contributed by atoms with Gasteiger partial charge in [0.2, 0.25) is 0 Å². The molecule has 0 N–H and O–H groups in total. The lowest BCUT2D eigenvalue weighted by atomic mass is 10.0. The van der Waals surface area contributed by atoms with E-state index in [1.54, 1.807) is 0 Å². The van der Waals surface area contributed by atoms with Crippen molar-refractivity contribution in [2.24, 2.45) is 0 Å². The molecule has 0 fully saturated rings. The minimum atomic E-state index is 1.13. The van der Waals surface area contributed by atoms with E-state index in [-0.39, 0.29) is 0 Å². The molecule has 0 heterocycles. The Kier molecular flexibility index (Phi) is 44.2. The van der Waals surface area contributed by atoms with Crippen molar-refractivity contribution in [1.82, 2.24) is 0 Å². The summed E-state index contributed by atoms with van der Waals surface area (Å²) < 4.78 is 0. The first-order valence-corrected chi connectivity index (χ1v) is 15.1. The number of unbranched alkanes of at least 4 members (excludes halogenated alkanes) is 2. The summed E-state index contributed by atoms with van der Waals surface area (Å²) in [4.78, 5) is 0. The summed E-state index contributed by atoms with van der Waals surface area (Å²) in [5.74, 6) is 0. The summed E-state index contributed by atoms with van der Waals surface area (Å²) >= 11 is 0. The van der Waals surface area contributed by atoms with Gasteiger partial charge in [-0.1, -0.05) is 166 Å². The Labute approximate surface area is 242 Å². The smallest absolute Gasteiger partial charge is 0.0222 e. The normalized spacial score (nSPS) is 8.76. The van der Waals surface area contributed by atoms with Crippen LogP contribution in [0.3, 0.4) is 0 Å². The van der Waals surface area contributed by atoms with Crippen molar-refractivity contribution in [2.75, 3.05) is 0 Å². The highest BCUT2D eigenvalue weighted by Crippen LogP contribution is 2.17. The molecule has 0 nitrogen and oxygen atoms in total. The van der Waals surface area contributed by atoms with Crippen molar-refractivity contribution in [1.29, 1.82) is 0 Å². The molecular weight excluding hydrogens is 456 g/mol. The van der Waals surface area contributed by atoms with E-state index in [1.807, 2.05) is 54.5 Å². The molecule has 0 radical (unpaired) electrons. The minimum Gasteiger partial charge on any atom is -0.100 e. The molecule has 0 unspecified atom stereocenters. The zero-order chi connectivity index (χ0) is 30.9. The van der Waals surface area contributed by atoms with Gasteiger partial charge in [-0.2, -0.15) is 0 Å². The molecule has 2 rings (SSSR count). The lowest BCUT2D eigenvalue weighted by Gasteiger charge is -2.04. The number of allylic oxidation sites excluding steroid dienone is 3. The lowest BCUT2D eigenvalue weighted by Crippen LogP contribution is -1.84. The van der Waals surface area contributed by atoms with Gasteiger partial charge in [0.1, 0.15) is 0 Å². The van der Waals surface area contributed by atoms with Crippen molar-refractivity contribution in [2.45, 2.75) is 136 Å². The van der Waals surface area contributed by atoms with Crippen LogP contribution in [0, 0.1) is 13.8 Å². The maximum Gasteiger partial charge on any atom is -0.0222 e. The molecule has 0 aliphatic carbocycles. The summed E-state index contributed by atoms with van der Waals surface area (Å²) in [6.45, 7) is 38.7. The van der Waals surface area contributed by atoms with Crippen LogP contribution in [0.5, 0.6) is 0 Å². The maximum absolute atomic E-state index is 3.94. The fourth-order valence-corrected chi connectivity index (χ4v) is 1.99. The summed E-state index contributed by atoms with van der Waals surface area (Å²) in [6.07, 6.45) is 8.62. The third-order valence-corrected chi connectivity index (χ3v) is 4.73. The lowest BCUT2D eigenvalue weighted by molar-refractivity contribution is 0.886. The molecule has 0 aliphatic rings. The second-order valence-electron chi connectivity index (χ2n) is 9.01. The van der Waals surface area contributed by atoms with Gasteiger partial charge in [0, 0.05) is 0 Å². The Morgan fingerprint density at radius 1 is 0.658 bits per heavy atom. The average molecular weight is 525 g/mol. The first-order valence-electron chi connectivity index (χ1n) is 15.1. The topological polar surface area (TPSA) is 0 Å². The van der Waals surface area contributed by atoms with Crippen LogP contribution in [0.15, 0.2) is 78.4 Å². The van der Waals surface area contributed by atoms with Crippen LogP contribution in [-0.2, 0) is 6.42 Å². The van der Waals surface area contributed by atoms with Gasteiger partial charge in [0.15, 0.2) is 0 Å². The van der Waals surface area contributed by atoms with Crippen LogP contribution in [0.25, 0.3) is 6.08 Å². The van der Waals surface area contributed by atoms with E-state index in [0.717, 1.165) is 12.0 Å². The van der Waals surface area contributed by atoms with E-state index in [4.69, 9.17) is 0 Å². The van der Waals surface area contributed by atoms with Gasteiger partial charge in [-0.25, -0.2) is 0 Å². The van der Waals surface area contributed by atoms with Crippen LogP contribution >= 0.6 is 0 Å². The number of hydrogen-bond acceptors (Lipinski definition) is 0. The molecule has 0 bridgehead atoms. The highest BCUT2D eigenvalue weighted by molar-refractivity contribution is 5.60. The van der Waals surface area contributed by atoms with Crippen molar-refractivity contribution in [3.8, 4) is 0 Å². The minimum absolute atomic E-state index is 1.13. The third-order valence-electron chi connectivity index (χ3n) is 4.73. The van der Waals surface area contributed by atoms with Gasteiger partial charge in [0.05, 0.1) is 0 Å². The van der Waals surface area contributed by atoms with Gasteiger partial charge in [-0.3, -0.25) is 0 Å². The van der Waals surface area contributed by atoms with E-state index in [2.05, 4.69) is 117 Å². The molecule has 0 heteroatoms. The van der Waals surface area contributed by atoms with E-state index >= 15 is 0 Å². The summed E-state index contributed by atoms with van der Waals surface area (Å²) in [5, 5.41) is 0. The first kappa shape index (κ1) is 45.6. The molecule has 0 amide bonds. The molecule has 2 aromatic carbocycles. The summed E-state index contributed by atoms with van der Waals surface area (Å²) in [5.41, 5.74) is 8.87. The van der Waals surface area contributed by atoms with Crippen molar-refractivity contribution in [3.05, 3.63) is 101 Å². The second kappa shape index (κ2) is 36.8. The average Bonchev–Trinajstić information content (AvgIpc) is 2.93. The number of hydrogen-bond donors (Lipinski definition) is 0. The monoisotopic (exact) mass is 525 g/mol. The summed E-state index contributed by atoms with van der Waals surface area (Å²) in [7, 11) is 0. The zero-order valence-electron chi connectivity index (χ0n) is 28.6. The predicted octanol–water partition coefficient (Wildman–Crippen LogP) is 13.8. The van der Waals surface area contributed by atoms with Gasteiger partial charge >= 0.3 is 0 Å². The van der Waals surface area contributed by atoms with Crippen LogP contribution < -0.4 is 0 Å². The largest absolute Gasteiger partial charge is 0.100 e. The Bertz CT molecular complexity index is 763. The SMILES string of the molecule is C=C(C)/C(C)=C/c1cc(C)ccc1C.C=C(C)C.CC.CC.CCCC.CCCC.CCc1ccccc1. The Balaban J connectivity index is -0.000000129. The fraction of sp³-hybridized carbons (Fsp3) is 0.526. The Morgan fingerprint density at radius 2 is 1.05 bits per heavy atom. The first-order chi connectivity index (χ1) is 18.0. The van der Waals surface area contributed by atoms with Gasteiger partial charge in [-0.15, -0.1) is 6.58 Å². The maximum atomic E-state index is 3.94. The predicted molar refractivity (Wildman–Crippen MR) is 185 cm³/mol. The Morgan fingerprint density at radius 3 is 1.34 bits per heavy atom. The highest BCUT2D eigenvalue weighted by atomic mass is 14.0. The standard InChI is InChI=1S/C14H18.C8H10.C4H8.2C4H10.2C2H6/c1-10(2)13(5)9-14-8-11(3)6-7-12(14)4;1-2-8-6-4-3-5-7-8;1-4(2)3;2*1-3-4-2;2*1-2/h6-9H,1H2,2-5H3;3-7H,2H2,1H3;1H2,2-3H3;2*3-4H2,1-2H3;2*1-2H3/b13-9+;;;;;;. The molecule has 0 aliphatic heterocycles. The van der Waals surface area contributed by atoms with E-state index in [1.165, 1.54) is 59.1 Å². The fourth-order valence-electron chi connectivity index (χ4n) is 1.99. The molecule has 220 valence electrons. The van der Waals surface area contributed by atoms with Crippen molar-refractivity contribution < 1.29 is 0 Å². The van der Waals surface area contributed by atoms with E-state index < -0.39 is 0 Å². The van der Waals surface area contributed by atoms with Crippen molar-refractivity contribution >= 4 is 6.08 Å². The Hall–Kier alpha value is -2.34. The quantitative estimate of drug-likeness (QED) is 0.269. The van der Waals surface area contributed by atoms with Crippen molar-refractivity contribution in [3.63, 3.8) is 0 Å². The third kappa shape index (κ3) is 38.2. The van der Waals surface area contributed by atoms with Gasteiger partial charge in [0.25, 0.3) is 0 Å². The summed E-state index contributed by atoms with van der Waals surface area (Å²) in [6, 6.07) is 17.0. The molecule has 38 heavy (non-hydrogen) atoms. The number of rotatable bonds is 5. The van der Waals surface area contributed by atoms with Gasteiger partial charge in [-0.05, 0) is 70.2 Å². The van der Waals surface area contributed by atoms with Crippen LogP contribution in [0.1, 0.15) is 138 Å². The molecule has 0 spiro atoms. The second-order valence-corrected chi connectivity index (χ2v) is 9.01. The van der Waals surface area contributed by atoms with E-state index in [9.17, 15) is 0 Å². The van der Waals surface area contributed by atoms with Crippen LogP contribution in [0.2, 0.25) is 0 Å². The molecule has 0 atom stereocenters. The van der Waals surface area contributed by atoms with Gasteiger partial charge < -0.3 is 0 Å². The molecular formula is C38H68. The molecule has 0 aromatic heterocycles. The van der Waals surface area contributed by atoms with Crippen LogP contribution in [-0.4, -0.2) is 0 Å². The van der Waals surface area contributed by atoms with Crippen LogP contribution in [0.4, 0.5) is 0 Å². The molecule has 0 saturated heterocycles. The number of benzene rings is 2. The molecule has 0 saturated carbocycles. The highest BCUT2D eigenvalue weighted by Gasteiger charge is 1.96. The molecule has 2 aromatic rings. The zero-order valence-corrected chi connectivity index (χ0v) is 28.6.